The molecule has 0 amide bonds. The van der Waals surface area contributed by atoms with E-state index in [1.54, 1.807) is 12.1 Å². The lowest BCUT2D eigenvalue weighted by molar-refractivity contribution is 0.360. The lowest BCUT2D eigenvalue weighted by Crippen LogP contribution is -2.18. The van der Waals surface area contributed by atoms with Crippen molar-refractivity contribution in [3.63, 3.8) is 0 Å². The minimum absolute atomic E-state index is 0.160. The van der Waals surface area contributed by atoms with E-state index in [2.05, 4.69) is 71.0 Å². The monoisotopic (exact) mass is 360 g/mol. The van der Waals surface area contributed by atoms with Crippen LogP contribution in [0.4, 0.5) is 0 Å². The maximum absolute atomic E-state index is 9.48. The number of hydrogen-bond donors (Lipinski definition) is 1. The molecule has 0 aromatic heterocycles. The summed E-state index contributed by atoms with van der Waals surface area (Å²) < 4.78 is 0. The van der Waals surface area contributed by atoms with E-state index >= 15 is 0 Å². The van der Waals surface area contributed by atoms with E-state index in [1.807, 2.05) is 12.1 Å². The molecule has 3 aromatic rings. The van der Waals surface area contributed by atoms with E-state index in [1.165, 1.54) is 27.5 Å². The third kappa shape index (κ3) is 5.60. The number of phenolic OH excluding ortho intramolecular Hbond substituents is 1. The van der Waals surface area contributed by atoms with Gasteiger partial charge in [0.25, 0.3) is 0 Å². The molecule has 0 radical (unpaired) electrons. The molecule has 27 heavy (non-hydrogen) atoms. The fourth-order valence-corrected chi connectivity index (χ4v) is 3.96. The summed E-state index contributed by atoms with van der Waals surface area (Å²) in [4.78, 5) is 0. The highest BCUT2D eigenvalue weighted by Crippen LogP contribution is 2.30. The van der Waals surface area contributed by atoms with Gasteiger partial charge < -0.3 is 5.11 Å². The molecule has 3 aromatic carbocycles. The van der Waals surface area contributed by atoms with E-state index in [4.69, 9.17) is 0 Å². The first-order valence-corrected chi connectivity index (χ1v) is 9.89. The van der Waals surface area contributed by atoms with Gasteiger partial charge in [-0.3, -0.25) is 0 Å². The third-order valence-electron chi connectivity index (χ3n) is 5.01. The van der Waals surface area contributed by atoms with Gasteiger partial charge in [0.1, 0.15) is 5.75 Å². The van der Waals surface area contributed by atoms with Crippen molar-refractivity contribution in [2.75, 3.05) is 0 Å². The van der Waals surface area contributed by atoms with Crippen LogP contribution in [0.1, 0.15) is 51.3 Å². The maximum atomic E-state index is 9.48. The van der Waals surface area contributed by atoms with Crippen LogP contribution in [0, 0.1) is 10.8 Å². The van der Waals surface area contributed by atoms with Crippen LogP contribution in [0.25, 0.3) is 10.8 Å². The lowest BCUT2D eigenvalue weighted by Gasteiger charge is -2.25. The molecule has 1 heteroatoms. The number of phenols is 1. The van der Waals surface area contributed by atoms with Crippen LogP contribution in [0.15, 0.2) is 60.7 Å². The second-order valence-corrected chi connectivity index (χ2v) is 9.94. The largest absolute Gasteiger partial charge is 0.508 e. The first-order chi connectivity index (χ1) is 12.6. The van der Waals surface area contributed by atoms with Gasteiger partial charge >= 0.3 is 0 Å². The Bertz CT molecular complexity index is 911. The number of hydrogen-bond acceptors (Lipinski definition) is 1. The van der Waals surface area contributed by atoms with Crippen LogP contribution >= 0.6 is 0 Å². The van der Waals surface area contributed by atoms with Crippen LogP contribution in [0.2, 0.25) is 0 Å². The SMILES string of the molecule is CC(C)(C)Cc1ccc2ccc(CC(C)(C)Cc3ccc(O)cc3)cc2c1. The van der Waals surface area contributed by atoms with Crippen LogP contribution in [0.3, 0.4) is 0 Å². The van der Waals surface area contributed by atoms with Crippen LogP contribution < -0.4 is 0 Å². The molecule has 0 fully saturated rings. The molecular formula is C26H32O. The second-order valence-electron chi connectivity index (χ2n) is 9.94. The minimum Gasteiger partial charge on any atom is -0.508 e. The first kappa shape index (κ1) is 19.5. The van der Waals surface area contributed by atoms with Crippen molar-refractivity contribution in [2.45, 2.75) is 53.9 Å². The standard InChI is InChI=1S/C26H32O/c1-25(2,3)16-20-6-10-22-11-7-21(15-23(22)14-20)18-26(4,5)17-19-8-12-24(27)13-9-19/h6-15,27H,16-18H2,1-5H3. The molecule has 0 spiro atoms. The number of rotatable bonds is 5. The van der Waals surface area contributed by atoms with Gasteiger partial charge in [0, 0.05) is 0 Å². The second kappa shape index (κ2) is 7.38. The van der Waals surface area contributed by atoms with Crippen molar-refractivity contribution in [1.29, 1.82) is 0 Å². The van der Waals surface area contributed by atoms with Gasteiger partial charge in [0.2, 0.25) is 0 Å². The van der Waals surface area contributed by atoms with Gasteiger partial charge in [-0.15, -0.1) is 0 Å². The summed E-state index contributed by atoms with van der Waals surface area (Å²) in [7, 11) is 0. The molecular weight excluding hydrogens is 328 g/mol. The Morgan fingerprint density at radius 1 is 0.593 bits per heavy atom. The van der Waals surface area contributed by atoms with E-state index in [0.29, 0.717) is 11.2 Å². The summed E-state index contributed by atoms with van der Waals surface area (Å²) in [5.41, 5.74) is 4.53. The zero-order valence-electron chi connectivity index (χ0n) is 17.3. The van der Waals surface area contributed by atoms with Crippen molar-refractivity contribution in [3.05, 3.63) is 77.4 Å². The van der Waals surface area contributed by atoms with E-state index in [9.17, 15) is 5.11 Å². The quantitative estimate of drug-likeness (QED) is 0.522. The summed E-state index contributed by atoms with van der Waals surface area (Å²) in [5.74, 6) is 0.331. The third-order valence-corrected chi connectivity index (χ3v) is 5.01. The molecule has 0 unspecified atom stereocenters. The van der Waals surface area contributed by atoms with Gasteiger partial charge in [-0.2, -0.15) is 0 Å². The minimum atomic E-state index is 0.160. The van der Waals surface area contributed by atoms with Crippen LogP contribution in [0.5, 0.6) is 5.75 Å². The Morgan fingerprint density at radius 2 is 1.07 bits per heavy atom. The Hall–Kier alpha value is -2.28. The maximum Gasteiger partial charge on any atom is 0.115 e. The highest BCUT2D eigenvalue weighted by Gasteiger charge is 2.19. The van der Waals surface area contributed by atoms with Crippen molar-refractivity contribution in [3.8, 4) is 5.75 Å². The molecule has 0 aliphatic heterocycles. The highest BCUT2D eigenvalue weighted by molar-refractivity contribution is 5.83. The summed E-state index contributed by atoms with van der Waals surface area (Å²) >= 11 is 0. The van der Waals surface area contributed by atoms with Crippen molar-refractivity contribution >= 4 is 10.8 Å². The molecule has 0 bridgehead atoms. The van der Waals surface area contributed by atoms with Crippen LogP contribution in [-0.2, 0) is 19.3 Å². The van der Waals surface area contributed by atoms with Gasteiger partial charge in [-0.1, -0.05) is 83.1 Å². The fraction of sp³-hybridized carbons (Fsp3) is 0.385. The topological polar surface area (TPSA) is 20.2 Å². The smallest absolute Gasteiger partial charge is 0.115 e. The molecule has 1 nitrogen and oxygen atoms in total. The number of fused-ring (bicyclic) bond motifs is 1. The normalized spacial score (nSPS) is 12.5. The summed E-state index contributed by atoms with van der Waals surface area (Å²) in [6.07, 6.45) is 3.13. The predicted molar refractivity (Wildman–Crippen MR) is 116 cm³/mol. The molecule has 142 valence electrons. The van der Waals surface area contributed by atoms with Crippen LogP contribution in [-0.4, -0.2) is 5.11 Å². The Labute approximate surface area is 164 Å². The van der Waals surface area contributed by atoms with Crippen molar-refractivity contribution < 1.29 is 5.11 Å². The average molecular weight is 361 g/mol. The van der Waals surface area contributed by atoms with Gasteiger partial charge in [-0.25, -0.2) is 0 Å². The zero-order chi connectivity index (χ0) is 19.7. The fourth-order valence-electron chi connectivity index (χ4n) is 3.96. The number of aromatic hydroxyl groups is 1. The van der Waals surface area contributed by atoms with Gasteiger partial charge in [-0.05, 0) is 69.7 Å². The number of benzene rings is 3. The van der Waals surface area contributed by atoms with E-state index in [0.717, 1.165) is 19.3 Å². The van der Waals surface area contributed by atoms with E-state index < -0.39 is 0 Å². The Balaban J connectivity index is 1.79. The molecule has 0 atom stereocenters. The van der Waals surface area contributed by atoms with Crippen molar-refractivity contribution in [1.82, 2.24) is 0 Å². The lowest BCUT2D eigenvalue weighted by atomic mass is 9.80. The van der Waals surface area contributed by atoms with Gasteiger partial charge in [0.05, 0.1) is 0 Å². The summed E-state index contributed by atoms with van der Waals surface area (Å²) in [5, 5.41) is 12.1. The van der Waals surface area contributed by atoms with Crippen molar-refractivity contribution in [2.24, 2.45) is 10.8 Å². The van der Waals surface area contributed by atoms with E-state index in [-0.39, 0.29) is 5.41 Å². The Morgan fingerprint density at radius 3 is 1.63 bits per heavy atom. The predicted octanol–water partition coefficient (Wildman–Crippen LogP) is 6.95. The molecule has 1 N–H and O–H groups in total. The first-order valence-electron chi connectivity index (χ1n) is 9.89. The Kier molecular flexibility index (Phi) is 5.33. The highest BCUT2D eigenvalue weighted by atomic mass is 16.3. The summed E-state index contributed by atoms with van der Waals surface area (Å²) in [6, 6.07) is 21.4. The average Bonchev–Trinajstić information content (AvgIpc) is 2.54. The molecule has 0 aliphatic rings. The van der Waals surface area contributed by atoms with Gasteiger partial charge in [0.15, 0.2) is 0 Å². The summed E-state index contributed by atoms with van der Waals surface area (Å²) in [6.45, 7) is 11.5. The molecule has 0 aliphatic carbocycles. The molecule has 0 saturated carbocycles. The molecule has 0 heterocycles. The molecule has 0 saturated heterocycles. The zero-order valence-corrected chi connectivity index (χ0v) is 17.3. The molecule has 3 rings (SSSR count).